The van der Waals surface area contributed by atoms with E-state index in [-0.39, 0.29) is 12.6 Å². The molecule has 8 heteroatoms. The maximum atomic E-state index is 12.2. The number of nitrogen functional groups attached to an aromatic ring is 1. The molecule has 1 aromatic rings. The summed E-state index contributed by atoms with van der Waals surface area (Å²) >= 11 is 0. The van der Waals surface area contributed by atoms with E-state index in [9.17, 15) is 4.79 Å². The van der Waals surface area contributed by atoms with Crippen LogP contribution in [0.25, 0.3) is 10.4 Å². The number of amides is 1. The number of azide groups is 1. The molecule has 1 heterocycles. The van der Waals surface area contributed by atoms with Gasteiger partial charge < -0.3 is 20.3 Å². The number of piperazine rings is 1. The molecule has 1 saturated heterocycles. The minimum atomic E-state index is -0.491. The normalized spacial score (nSPS) is 14.9. The molecule has 1 aromatic carbocycles. The van der Waals surface area contributed by atoms with Gasteiger partial charge in [0.05, 0.1) is 6.54 Å². The molecule has 0 atom stereocenters. The van der Waals surface area contributed by atoms with Crippen molar-refractivity contribution in [1.82, 2.24) is 4.90 Å². The van der Waals surface area contributed by atoms with E-state index in [2.05, 4.69) is 14.9 Å². The van der Waals surface area contributed by atoms with Gasteiger partial charge in [-0.15, -0.1) is 0 Å². The first-order valence-electron chi connectivity index (χ1n) is 8.34. The number of carbonyl (C=O) groups is 1. The summed E-state index contributed by atoms with van der Waals surface area (Å²) < 4.78 is 5.43. The Morgan fingerprint density at radius 2 is 1.96 bits per heavy atom. The molecule has 136 valence electrons. The van der Waals surface area contributed by atoms with Gasteiger partial charge in [-0.25, -0.2) is 4.79 Å². The summed E-state index contributed by atoms with van der Waals surface area (Å²) in [6.45, 7) is 10.4. The highest BCUT2D eigenvalue weighted by Crippen LogP contribution is 2.28. The van der Waals surface area contributed by atoms with Gasteiger partial charge in [0.15, 0.2) is 0 Å². The molecule has 0 spiro atoms. The first-order valence-corrected chi connectivity index (χ1v) is 8.34. The van der Waals surface area contributed by atoms with E-state index in [1.165, 1.54) is 0 Å². The molecule has 8 nitrogen and oxygen atoms in total. The Balaban J connectivity index is 2.08. The number of hydrogen-bond acceptors (Lipinski definition) is 5. The van der Waals surface area contributed by atoms with Gasteiger partial charge in [0.25, 0.3) is 0 Å². The Morgan fingerprint density at radius 1 is 1.32 bits per heavy atom. The van der Waals surface area contributed by atoms with E-state index in [1.54, 1.807) is 4.90 Å². The van der Waals surface area contributed by atoms with Crippen molar-refractivity contribution in [2.45, 2.75) is 39.8 Å². The third-order valence-corrected chi connectivity index (χ3v) is 4.07. The summed E-state index contributed by atoms with van der Waals surface area (Å²) in [7, 11) is 0. The zero-order valence-electron chi connectivity index (χ0n) is 15.3. The molecular formula is C17H26N6O2. The second kappa shape index (κ2) is 7.53. The highest BCUT2D eigenvalue weighted by molar-refractivity contribution is 5.70. The number of hydrogen-bond donors (Lipinski definition) is 1. The molecule has 1 aliphatic heterocycles. The molecule has 2 N–H and O–H groups in total. The smallest absolute Gasteiger partial charge is 0.410 e. The van der Waals surface area contributed by atoms with Crippen molar-refractivity contribution in [2.75, 3.05) is 36.8 Å². The van der Waals surface area contributed by atoms with Crippen LogP contribution in [0.2, 0.25) is 0 Å². The van der Waals surface area contributed by atoms with E-state index in [4.69, 9.17) is 16.0 Å². The first kappa shape index (κ1) is 18.7. The standard InChI is InChI=1S/C17H26N6O2/c1-12-14(18)9-13(11-20-21-19)10-15(12)22-5-7-23(8-6-22)16(24)25-17(2,3)4/h9-10H,5-8,11,18H2,1-4H3. The van der Waals surface area contributed by atoms with Crippen molar-refractivity contribution in [3.63, 3.8) is 0 Å². The predicted molar refractivity (Wildman–Crippen MR) is 98.5 cm³/mol. The number of anilines is 2. The largest absolute Gasteiger partial charge is 0.444 e. The fourth-order valence-corrected chi connectivity index (χ4v) is 2.77. The highest BCUT2D eigenvalue weighted by atomic mass is 16.6. The van der Waals surface area contributed by atoms with E-state index in [0.29, 0.717) is 31.9 Å². The molecule has 25 heavy (non-hydrogen) atoms. The lowest BCUT2D eigenvalue weighted by atomic mass is 10.1. The molecule has 1 aliphatic rings. The fourth-order valence-electron chi connectivity index (χ4n) is 2.77. The number of nitrogens with zero attached hydrogens (tertiary/aromatic N) is 5. The minimum absolute atomic E-state index is 0.270. The van der Waals surface area contributed by atoms with Crippen LogP contribution >= 0.6 is 0 Å². The van der Waals surface area contributed by atoms with Crippen LogP contribution in [0.3, 0.4) is 0 Å². The van der Waals surface area contributed by atoms with Gasteiger partial charge in [-0.3, -0.25) is 0 Å². The van der Waals surface area contributed by atoms with Gasteiger partial charge in [0, 0.05) is 42.5 Å². The third-order valence-electron chi connectivity index (χ3n) is 4.07. The van der Waals surface area contributed by atoms with Crippen LogP contribution in [-0.2, 0) is 11.3 Å². The van der Waals surface area contributed by atoms with Crippen LogP contribution in [0.1, 0.15) is 31.9 Å². The van der Waals surface area contributed by atoms with E-state index >= 15 is 0 Å². The van der Waals surface area contributed by atoms with Crippen LogP contribution in [0.4, 0.5) is 16.2 Å². The Hall–Kier alpha value is -2.60. The fraction of sp³-hybridized carbons (Fsp3) is 0.588. The summed E-state index contributed by atoms with van der Waals surface area (Å²) in [6.07, 6.45) is -0.277. The van der Waals surface area contributed by atoms with Crippen LogP contribution in [0.15, 0.2) is 17.2 Å². The van der Waals surface area contributed by atoms with E-state index in [1.807, 2.05) is 39.8 Å². The van der Waals surface area contributed by atoms with Gasteiger partial charge in [-0.05, 0) is 56.5 Å². The molecule has 0 bridgehead atoms. The molecule has 1 fully saturated rings. The Bertz CT molecular complexity index is 683. The first-order chi connectivity index (χ1) is 11.7. The molecule has 0 unspecified atom stereocenters. The number of nitrogens with two attached hydrogens (primary N) is 1. The van der Waals surface area contributed by atoms with Crippen molar-refractivity contribution < 1.29 is 9.53 Å². The van der Waals surface area contributed by atoms with Crippen molar-refractivity contribution in [2.24, 2.45) is 5.11 Å². The van der Waals surface area contributed by atoms with E-state index in [0.717, 1.165) is 16.8 Å². The number of ether oxygens (including phenoxy) is 1. The monoisotopic (exact) mass is 346 g/mol. The van der Waals surface area contributed by atoms with Gasteiger partial charge in [-0.2, -0.15) is 0 Å². The topological polar surface area (TPSA) is 108 Å². The quantitative estimate of drug-likeness (QED) is 0.391. The molecule has 0 aromatic heterocycles. The second-order valence-electron chi connectivity index (χ2n) is 7.17. The lowest BCUT2D eigenvalue weighted by Crippen LogP contribution is -2.50. The van der Waals surface area contributed by atoms with Crippen molar-refractivity contribution in [3.05, 3.63) is 33.7 Å². The van der Waals surface area contributed by atoms with Crippen LogP contribution in [0, 0.1) is 6.92 Å². The van der Waals surface area contributed by atoms with Gasteiger partial charge in [0.2, 0.25) is 0 Å². The third kappa shape index (κ3) is 4.93. The van der Waals surface area contributed by atoms with Gasteiger partial charge in [-0.1, -0.05) is 5.11 Å². The molecule has 0 radical (unpaired) electrons. The average molecular weight is 346 g/mol. The summed E-state index contributed by atoms with van der Waals surface area (Å²) in [5.41, 5.74) is 17.7. The van der Waals surface area contributed by atoms with Crippen LogP contribution < -0.4 is 10.6 Å². The van der Waals surface area contributed by atoms with Crippen molar-refractivity contribution in [1.29, 1.82) is 0 Å². The summed E-state index contributed by atoms with van der Waals surface area (Å²) in [5, 5.41) is 3.61. The van der Waals surface area contributed by atoms with Crippen molar-refractivity contribution in [3.8, 4) is 0 Å². The minimum Gasteiger partial charge on any atom is -0.444 e. The number of carbonyl (C=O) groups excluding carboxylic acids is 1. The van der Waals surface area contributed by atoms with Crippen LogP contribution in [-0.4, -0.2) is 42.8 Å². The van der Waals surface area contributed by atoms with Gasteiger partial charge in [0.1, 0.15) is 5.60 Å². The zero-order valence-corrected chi connectivity index (χ0v) is 15.3. The Morgan fingerprint density at radius 3 is 2.52 bits per heavy atom. The number of rotatable bonds is 3. The Labute approximate surface area is 148 Å². The van der Waals surface area contributed by atoms with Crippen LogP contribution in [0.5, 0.6) is 0 Å². The SMILES string of the molecule is Cc1c(N)cc(CN=[N+]=[N-])cc1N1CCN(C(=O)OC(C)(C)C)CC1. The second-order valence-corrected chi connectivity index (χ2v) is 7.17. The lowest BCUT2D eigenvalue weighted by molar-refractivity contribution is 0.0240. The predicted octanol–water partition coefficient (Wildman–Crippen LogP) is 3.44. The number of benzene rings is 1. The zero-order chi connectivity index (χ0) is 18.6. The summed E-state index contributed by atoms with van der Waals surface area (Å²) in [4.78, 5) is 18.9. The van der Waals surface area contributed by atoms with Crippen molar-refractivity contribution >= 4 is 17.5 Å². The lowest BCUT2D eigenvalue weighted by Gasteiger charge is -2.37. The molecule has 0 saturated carbocycles. The maximum absolute atomic E-state index is 12.2. The highest BCUT2D eigenvalue weighted by Gasteiger charge is 2.26. The average Bonchev–Trinajstić information content (AvgIpc) is 2.54. The summed E-state index contributed by atoms with van der Waals surface area (Å²) in [6, 6.07) is 3.84. The maximum Gasteiger partial charge on any atom is 0.410 e. The molecule has 1 amide bonds. The molecular weight excluding hydrogens is 320 g/mol. The Kier molecular flexibility index (Phi) is 5.64. The van der Waals surface area contributed by atoms with E-state index < -0.39 is 5.60 Å². The molecule has 0 aliphatic carbocycles. The van der Waals surface area contributed by atoms with Gasteiger partial charge >= 0.3 is 6.09 Å². The molecule has 2 rings (SSSR count). The summed E-state index contributed by atoms with van der Waals surface area (Å²) in [5.74, 6) is 0.